The van der Waals surface area contributed by atoms with Crippen LogP contribution in [0.5, 0.6) is 5.75 Å². The molecule has 1 aliphatic rings. The first-order chi connectivity index (χ1) is 16.0. The number of piperazine rings is 1. The van der Waals surface area contributed by atoms with E-state index in [0.717, 1.165) is 43.0 Å². The molecule has 0 radical (unpaired) electrons. The Morgan fingerprint density at radius 3 is 2.27 bits per heavy atom. The first-order valence-corrected chi connectivity index (χ1v) is 11.5. The summed E-state index contributed by atoms with van der Waals surface area (Å²) in [6.45, 7) is 8.09. The van der Waals surface area contributed by atoms with Crippen LogP contribution in [-0.2, 0) is 11.3 Å². The molecule has 2 aromatic carbocycles. The Kier molecular flexibility index (Phi) is 7.16. The number of aryl methyl sites for hydroxylation is 2. The lowest BCUT2D eigenvalue weighted by Gasteiger charge is -2.40. The number of rotatable bonds is 7. The summed E-state index contributed by atoms with van der Waals surface area (Å²) < 4.78 is 6.92. The number of pyridine rings is 1. The van der Waals surface area contributed by atoms with Crippen molar-refractivity contribution in [1.29, 1.82) is 0 Å². The van der Waals surface area contributed by atoms with Gasteiger partial charge in [0.1, 0.15) is 5.75 Å². The predicted octanol–water partition coefficient (Wildman–Crippen LogP) is 3.73. The lowest BCUT2D eigenvalue weighted by molar-refractivity contribution is 0.183. The topological polar surface area (TPSA) is 57.9 Å². The molecular formula is C27H33N3O3. The fourth-order valence-corrected chi connectivity index (χ4v) is 4.67. The number of hydrogen-bond acceptors (Lipinski definition) is 5. The Labute approximate surface area is 195 Å². The summed E-state index contributed by atoms with van der Waals surface area (Å²) in [5, 5.41) is 11.0. The summed E-state index contributed by atoms with van der Waals surface area (Å²) in [5.41, 5.74) is 4.41. The molecule has 0 aliphatic carbocycles. The number of anilines is 1. The van der Waals surface area contributed by atoms with Crippen molar-refractivity contribution in [1.82, 2.24) is 9.47 Å². The minimum absolute atomic E-state index is 0.0576. The maximum absolute atomic E-state index is 13.6. The minimum atomic E-state index is -0.314. The molecule has 1 N–H and O–H groups in total. The Bertz CT molecular complexity index is 1120. The average molecular weight is 448 g/mol. The summed E-state index contributed by atoms with van der Waals surface area (Å²) in [5.74, 6) is 0.0576. The lowest BCUT2D eigenvalue weighted by atomic mass is 9.95. The normalized spacial score (nSPS) is 15.5. The van der Waals surface area contributed by atoms with E-state index in [9.17, 15) is 9.90 Å². The summed E-state index contributed by atoms with van der Waals surface area (Å²) in [6.07, 6.45) is 0. The smallest absolute Gasteiger partial charge is 0.259 e. The fourth-order valence-electron chi connectivity index (χ4n) is 4.67. The van der Waals surface area contributed by atoms with Gasteiger partial charge >= 0.3 is 0 Å². The van der Waals surface area contributed by atoms with Crippen LogP contribution in [0.25, 0.3) is 0 Å². The number of benzene rings is 2. The Balaban J connectivity index is 1.72. The molecule has 1 aliphatic heterocycles. The van der Waals surface area contributed by atoms with Gasteiger partial charge < -0.3 is 19.3 Å². The van der Waals surface area contributed by atoms with Gasteiger partial charge in [0.2, 0.25) is 0 Å². The number of methoxy groups -OCH3 is 1. The van der Waals surface area contributed by atoms with Crippen molar-refractivity contribution < 1.29 is 9.84 Å². The van der Waals surface area contributed by atoms with Crippen LogP contribution in [0.1, 0.15) is 28.4 Å². The van der Waals surface area contributed by atoms with Gasteiger partial charge in [0.05, 0.1) is 18.2 Å². The molecule has 33 heavy (non-hydrogen) atoms. The van der Waals surface area contributed by atoms with E-state index in [1.165, 1.54) is 5.69 Å². The van der Waals surface area contributed by atoms with Gasteiger partial charge in [-0.2, -0.15) is 0 Å². The first-order valence-electron chi connectivity index (χ1n) is 11.5. The maximum atomic E-state index is 13.6. The summed E-state index contributed by atoms with van der Waals surface area (Å²) in [4.78, 5) is 18.3. The Morgan fingerprint density at radius 2 is 1.64 bits per heavy atom. The van der Waals surface area contributed by atoms with Gasteiger partial charge in [-0.15, -0.1) is 0 Å². The third-order valence-electron chi connectivity index (χ3n) is 6.51. The highest BCUT2D eigenvalue weighted by molar-refractivity contribution is 5.47. The first kappa shape index (κ1) is 23.1. The Hall–Kier alpha value is -3.09. The van der Waals surface area contributed by atoms with Crippen molar-refractivity contribution in [3.8, 4) is 5.75 Å². The quantitative estimate of drug-likeness (QED) is 0.598. The second-order valence-corrected chi connectivity index (χ2v) is 8.71. The SMILES string of the molecule is COCCn1c(C)cc(O)c(C(c2ccc(C)cc2)N2CCN(c3ccccc3)CC2)c1=O. The summed E-state index contributed by atoms with van der Waals surface area (Å²) in [6, 6.07) is 20.1. The van der Waals surface area contributed by atoms with Crippen LogP contribution in [0.2, 0.25) is 0 Å². The number of para-hydroxylation sites is 1. The van der Waals surface area contributed by atoms with Gasteiger partial charge in [-0.1, -0.05) is 48.0 Å². The van der Waals surface area contributed by atoms with Gasteiger partial charge in [-0.05, 0) is 37.6 Å². The molecule has 0 spiro atoms. The van der Waals surface area contributed by atoms with Crippen LogP contribution in [0.3, 0.4) is 0 Å². The number of hydrogen-bond donors (Lipinski definition) is 1. The van der Waals surface area contributed by atoms with Crippen molar-refractivity contribution in [3.63, 3.8) is 0 Å². The third kappa shape index (κ3) is 4.97. The van der Waals surface area contributed by atoms with E-state index in [0.29, 0.717) is 18.7 Å². The van der Waals surface area contributed by atoms with Crippen molar-refractivity contribution in [2.24, 2.45) is 0 Å². The minimum Gasteiger partial charge on any atom is -0.507 e. The zero-order valence-corrected chi connectivity index (χ0v) is 19.7. The summed E-state index contributed by atoms with van der Waals surface area (Å²) in [7, 11) is 1.63. The lowest BCUT2D eigenvalue weighted by Crippen LogP contribution is -2.49. The van der Waals surface area contributed by atoms with Crippen LogP contribution < -0.4 is 10.5 Å². The van der Waals surface area contributed by atoms with E-state index in [1.807, 2.05) is 13.0 Å². The second-order valence-electron chi connectivity index (χ2n) is 8.71. The Morgan fingerprint density at radius 1 is 0.970 bits per heavy atom. The molecule has 1 aromatic heterocycles. The predicted molar refractivity (Wildman–Crippen MR) is 132 cm³/mol. The van der Waals surface area contributed by atoms with Crippen molar-refractivity contribution in [3.05, 3.63) is 93.4 Å². The highest BCUT2D eigenvalue weighted by Gasteiger charge is 2.31. The number of aromatic nitrogens is 1. The molecule has 1 atom stereocenters. The van der Waals surface area contributed by atoms with Crippen LogP contribution in [0, 0.1) is 13.8 Å². The average Bonchev–Trinajstić information content (AvgIpc) is 2.83. The molecule has 4 rings (SSSR count). The van der Waals surface area contributed by atoms with Gasteiger partial charge in [0, 0.05) is 51.2 Å². The van der Waals surface area contributed by atoms with Crippen LogP contribution in [0.15, 0.2) is 65.5 Å². The molecule has 3 aromatic rings. The monoisotopic (exact) mass is 447 g/mol. The van der Waals surface area contributed by atoms with Crippen molar-refractivity contribution >= 4 is 5.69 Å². The van der Waals surface area contributed by atoms with Crippen molar-refractivity contribution in [2.75, 3.05) is 44.8 Å². The number of ether oxygens (including phenoxy) is 1. The molecule has 1 saturated heterocycles. The molecule has 0 bridgehead atoms. The fraction of sp³-hybridized carbons (Fsp3) is 0.370. The van der Waals surface area contributed by atoms with Gasteiger partial charge in [0.15, 0.2) is 0 Å². The standard InChI is InChI=1S/C27H33N3O3/c1-20-9-11-22(12-10-20)26(25-24(31)19-21(2)30(27(25)32)17-18-33-3)29-15-13-28(14-16-29)23-7-5-4-6-8-23/h4-12,19,26,31H,13-18H2,1-3H3. The highest BCUT2D eigenvalue weighted by Crippen LogP contribution is 2.34. The largest absolute Gasteiger partial charge is 0.507 e. The molecule has 1 unspecified atom stereocenters. The molecule has 6 heteroatoms. The van der Waals surface area contributed by atoms with E-state index in [2.05, 4.69) is 65.3 Å². The van der Waals surface area contributed by atoms with E-state index >= 15 is 0 Å². The maximum Gasteiger partial charge on any atom is 0.259 e. The third-order valence-corrected chi connectivity index (χ3v) is 6.51. The molecule has 174 valence electrons. The molecule has 1 fully saturated rings. The molecule has 0 saturated carbocycles. The van der Waals surface area contributed by atoms with E-state index in [1.54, 1.807) is 17.7 Å². The number of nitrogens with zero attached hydrogens (tertiary/aromatic N) is 3. The summed E-state index contributed by atoms with van der Waals surface area (Å²) >= 11 is 0. The highest BCUT2D eigenvalue weighted by atomic mass is 16.5. The van der Waals surface area contributed by atoms with Crippen LogP contribution in [0.4, 0.5) is 5.69 Å². The second kappa shape index (κ2) is 10.2. The van der Waals surface area contributed by atoms with E-state index < -0.39 is 0 Å². The van der Waals surface area contributed by atoms with Gasteiger partial charge in [-0.25, -0.2) is 0 Å². The zero-order chi connectivity index (χ0) is 23.4. The molecule has 0 amide bonds. The molecule has 2 heterocycles. The van der Waals surface area contributed by atoms with Gasteiger partial charge in [-0.3, -0.25) is 9.69 Å². The molecular weight excluding hydrogens is 414 g/mol. The van der Waals surface area contributed by atoms with Crippen molar-refractivity contribution in [2.45, 2.75) is 26.4 Å². The molecule has 6 nitrogen and oxygen atoms in total. The zero-order valence-electron chi connectivity index (χ0n) is 19.7. The van der Waals surface area contributed by atoms with Gasteiger partial charge in [0.25, 0.3) is 5.56 Å². The van der Waals surface area contributed by atoms with Crippen LogP contribution >= 0.6 is 0 Å². The van der Waals surface area contributed by atoms with Crippen LogP contribution in [-0.4, -0.2) is 54.5 Å². The number of aromatic hydroxyl groups is 1. The van der Waals surface area contributed by atoms with E-state index in [-0.39, 0.29) is 17.4 Å². The van der Waals surface area contributed by atoms with E-state index in [4.69, 9.17) is 4.74 Å².